The molecule has 0 aromatic heterocycles. The van der Waals surface area contributed by atoms with Crippen LogP contribution < -0.4 is 5.32 Å². The lowest BCUT2D eigenvalue weighted by molar-refractivity contribution is -0.0384. The molecule has 0 radical (unpaired) electrons. The minimum atomic E-state index is 0.0928. The molecule has 2 heteroatoms. The summed E-state index contributed by atoms with van der Waals surface area (Å²) in [4.78, 5) is 0. The van der Waals surface area contributed by atoms with Gasteiger partial charge in [-0.25, -0.2) is 0 Å². The lowest BCUT2D eigenvalue weighted by Crippen LogP contribution is -2.53. The van der Waals surface area contributed by atoms with E-state index in [0.29, 0.717) is 5.54 Å². The van der Waals surface area contributed by atoms with Gasteiger partial charge < -0.3 is 4.74 Å². The van der Waals surface area contributed by atoms with Crippen molar-refractivity contribution in [1.82, 2.24) is 5.32 Å². The molecule has 86 valence electrons. The number of hydrogen-bond donors (Lipinski definition) is 1. The second-order valence-corrected chi connectivity index (χ2v) is 5.81. The Balaban J connectivity index is 1.70. The Labute approximate surface area is 92.8 Å². The quantitative estimate of drug-likeness (QED) is 0.662. The number of ether oxygens (including phenoxy) is 1. The van der Waals surface area contributed by atoms with Crippen LogP contribution in [-0.2, 0) is 4.74 Å². The van der Waals surface area contributed by atoms with Gasteiger partial charge in [0.1, 0.15) is 5.72 Å². The Morgan fingerprint density at radius 2 is 1.33 bits per heavy atom. The summed E-state index contributed by atoms with van der Waals surface area (Å²) < 4.78 is 6.16. The standard InChI is InChI=1S/C13H23NO/c1-3-7-12(8-4-1)11-15-13(14-12)9-5-2-6-10-13/h14H,1-11H2. The van der Waals surface area contributed by atoms with Crippen molar-refractivity contribution in [1.29, 1.82) is 0 Å². The first kappa shape index (κ1) is 10.1. The molecule has 3 aliphatic rings. The third-order valence-electron chi connectivity index (χ3n) is 4.59. The fourth-order valence-electron chi connectivity index (χ4n) is 3.72. The second kappa shape index (κ2) is 3.74. The van der Waals surface area contributed by atoms with E-state index in [1.807, 2.05) is 0 Å². The first-order valence-corrected chi connectivity index (χ1v) is 6.76. The van der Waals surface area contributed by atoms with Crippen molar-refractivity contribution in [2.45, 2.75) is 75.5 Å². The van der Waals surface area contributed by atoms with Crippen molar-refractivity contribution in [3.05, 3.63) is 0 Å². The van der Waals surface area contributed by atoms with Gasteiger partial charge >= 0.3 is 0 Å². The molecular weight excluding hydrogens is 186 g/mol. The highest BCUT2D eigenvalue weighted by molar-refractivity contribution is 5.02. The van der Waals surface area contributed by atoms with Crippen LogP contribution in [0.25, 0.3) is 0 Å². The van der Waals surface area contributed by atoms with Gasteiger partial charge in [-0.2, -0.15) is 0 Å². The van der Waals surface area contributed by atoms with E-state index in [2.05, 4.69) is 5.32 Å². The number of rotatable bonds is 0. The van der Waals surface area contributed by atoms with Gasteiger partial charge in [-0.1, -0.05) is 25.7 Å². The van der Waals surface area contributed by atoms with Gasteiger partial charge in [0, 0.05) is 5.54 Å². The zero-order chi connectivity index (χ0) is 10.2. The molecule has 0 aromatic carbocycles. The summed E-state index contributed by atoms with van der Waals surface area (Å²) in [6, 6.07) is 0. The highest BCUT2D eigenvalue weighted by Crippen LogP contribution is 2.41. The monoisotopic (exact) mass is 209 g/mol. The maximum atomic E-state index is 6.16. The van der Waals surface area contributed by atoms with E-state index in [4.69, 9.17) is 4.74 Å². The third kappa shape index (κ3) is 1.83. The van der Waals surface area contributed by atoms with Crippen molar-refractivity contribution >= 4 is 0 Å². The van der Waals surface area contributed by atoms with Crippen molar-refractivity contribution in [2.75, 3.05) is 6.61 Å². The number of hydrogen-bond acceptors (Lipinski definition) is 2. The van der Waals surface area contributed by atoms with Crippen molar-refractivity contribution < 1.29 is 4.74 Å². The molecule has 3 fully saturated rings. The number of nitrogens with one attached hydrogen (secondary N) is 1. The highest BCUT2D eigenvalue weighted by Gasteiger charge is 2.48. The Morgan fingerprint density at radius 3 is 2.00 bits per heavy atom. The first-order chi connectivity index (χ1) is 7.33. The normalized spacial score (nSPS) is 33.6. The van der Waals surface area contributed by atoms with Crippen LogP contribution >= 0.6 is 0 Å². The minimum Gasteiger partial charge on any atom is -0.359 e. The lowest BCUT2D eigenvalue weighted by atomic mass is 9.81. The smallest absolute Gasteiger partial charge is 0.119 e. The van der Waals surface area contributed by atoms with Crippen molar-refractivity contribution in [3.8, 4) is 0 Å². The summed E-state index contributed by atoms with van der Waals surface area (Å²) in [6.07, 6.45) is 13.5. The maximum absolute atomic E-state index is 6.16. The molecule has 0 amide bonds. The summed E-state index contributed by atoms with van der Waals surface area (Å²) in [5.74, 6) is 0. The average molecular weight is 209 g/mol. The molecule has 1 saturated heterocycles. The van der Waals surface area contributed by atoms with Crippen LogP contribution in [0.5, 0.6) is 0 Å². The molecule has 2 spiro atoms. The largest absolute Gasteiger partial charge is 0.359 e. The van der Waals surface area contributed by atoms with E-state index in [9.17, 15) is 0 Å². The zero-order valence-corrected chi connectivity index (χ0v) is 9.69. The summed E-state index contributed by atoms with van der Waals surface area (Å²) in [6.45, 7) is 0.979. The van der Waals surface area contributed by atoms with E-state index < -0.39 is 0 Å². The molecule has 0 unspecified atom stereocenters. The van der Waals surface area contributed by atoms with Gasteiger partial charge in [0.15, 0.2) is 0 Å². The molecule has 1 aliphatic heterocycles. The van der Waals surface area contributed by atoms with Crippen LogP contribution in [0.2, 0.25) is 0 Å². The Morgan fingerprint density at radius 1 is 0.733 bits per heavy atom. The van der Waals surface area contributed by atoms with Gasteiger partial charge in [0.2, 0.25) is 0 Å². The molecule has 0 atom stereocenters. The fraction of sp³-hybridized carbons (Fsp3) is 1.00. The zero-order valence-electron chi connectivity index (χ0n) is 9.69. The van der Waals surface area contributed by atoms with E-state index in [1.165, 1.54) is 64.2 Å². The summed E-state index contributed by atoms with van der Waals surface area (Å²) in [5.41, 5.74) is 0.463. The molecule has 1 N–H and O–H groups in total. The van der Waals surface area contributed by atoms with Gasteiger partial charge in [-0.05, 0) is 38.5 Å². The van der Waals surface area contributed by atoms with Crippen molar-refractivity contribution in [3.63, 3.8) is 0 Å². The molecule has 15 heavy (non-hydrogen) atoms. The van der Waals surface area contributed by atoms with Crippen LogP contribution in [0.1, 0.15) is 64.2 Å². The predicted octanol–water partition coefficient (Wildman–Crippen LogP) is 2.97. The molecule has 2 aliphatic carbocycles. The molecule has 0 bridgehead atoms. The van der Waals surface area contributed by atoms with Gasteiger partial charge in [-0.3, -0.25) is 5.32 Å². The van der Waals surface area contributed by atoms with Crippen LogP contribution in [0.15, 0.2) is 0 Å². The Kier molecular flexibility index (Phi) is 2.52. The molecule has 3 rings (SSSR count). The van der Waals surface area contributed by atoms with E-state index in [-0.39, 0.29) is 5.72 Å². The van der Waals surface area contributed by atoms with Crippen LogP contribution in [0, 0.1) is 0 Å². The average Bonchev–Trinajstić information content (AvgIpc) is 2.60. The highest BCUT2D eigenvalue weighted by atomic mass is 16.5. The van der Waals surface area contributed by atoms with Crippen LogP contribution in [0.3, 0.4) is 0 Å². The Bertz CT molecular complexity index is 203. The predicted molar refractivity (Wildman–Crippen MR) is 60.7 cm³/mol. The SMILES string of the molecule is C1CCC2(CC1)COC1(CCCCC1)N2. The summed E-state index contributed by atoms with van der Waals surface area (Å²) >= 11 is 0. The van der Waals surface area contributed by atoms with E-state index in [1.54, 1.807) is 0 Å². The topological polar surface area (TPSA) is 21.3 Å². The minimum absolute atomic E-state index is 0.0928. The van der Waals surface area contributed by atoms with E-state index in [0.717, 1.165) is 6.61 Å². The molecule has 0 aromatic rings. The van der Waals surface area contributed by atoms with Crippen LogP contribution in [0.4, 0.5) is 0 Å². The molecule has 2 saturated carbocycles. The Hall–Kier alpha value is -0.0800. The molecular formula is C13H23NO. The van der Waals surface area contributed by atoms with E-state index >= 15 is 0 Å². The van der Waals surface area contributed by atoms with Gasteiger partial charge in [-0.15, -0.1) is 0 Å². The molecule has 2 nitrogen and oxygen atoms in total. The lowest BCUT2D eigenvalue weighted by Gasteiger charge is -2.38. The first-order valence-electron chi connectivity index (χ1n) is 6.76. The van der Waals surface area contributed by atoms with Gasteiger partial charge in [0.25, 0.3) is 0 Å². The maximum Gasteiger partial charge on any atom is 0.119 e. The third-order valence-corrected chi connectivity index (χ3v) is 4.59. The fourth-order valence-corrected chi connectivity index (χ4v) is 3.72. The second-order valence-electron chi connectivity index (χ2n) is 5.81. The summed E-state index contributed by atoms with van der Waals surface area (Å²) in [5, 5.41) is 3.90. The van der Waals surface area contributed by atoms with Gasteiger partial charge in [0.05, 0.1) is 6.61 Å². The van der Waals surface area contributed by atoms with Crippen molar-refractivity contribution in [2.24, 2.45) is 0 Å². The molecule has 1 heterocycles. The summed E-state index contributed by atoms with van der Waals surface area (Å²) in [7, 11) is 0. The van der Waals surface area contributed by atoms with Crippen LogP contribution in [-0.4, -0.2) is 17.9 Å².